The Kier molecular flexibility index (Phi) is 4.93. The summed E-state index contributed by atoms with van der Waals surface area (Å²) in [7, 11) is 0. The summed E-state index contributed by atoms with van der Waals surface area (Å²) in [6, 6.07) is 13.4. The monoisotopic (exact) mass is 320 g/mol. The number of rotatable bonds is 5. The minimum Gasteiger partial charge on any atom is -0.481 e. The number of aromatic nitrogens is 1. The first-order valence-electron chi connectivity index (χ1n) is 6.30. The summed E-state index contributed by atoms with van der Waals surface area (Å²) < 4.78 is 6.97. The molecule has 0 saturated heterocycles. The molecule has 1 heterocycles. The Hall–Kier alpha value is -1.39. The van der Waals surface area contributed by atoms with Crippen LogP contribution in [0.15, 0.2) is 53.1 Å². The number of ether oxygens (including phenoxy) is 1. The number of nitrogens with two attached hydrogens (primary N) is 1. The summed E-state index contributed by atoms with van der Waals surface area (Å²) >= 11 is 3.48. The second-order valence-electron chi connectivity index (χ2n) is 4.30. The Labute approximate surface area is 121 Å². The van der Waals surface area contributed by atoms with E-state index in [4.69, 9.17) is 10.5 Å². The maximum Gasteiger partial charge on any atom is 0.155 e. The molecule has 100 valence electrons. The summed E-state index contributed by atoms with van der Waals surface area (Å²) in [5.74, 6) is 0.780. The molecular weight excluding hydrogens is 304 g/mol. The van der Waals surface area contributed by atoms with Gasteiger partial charge in [-0.15, -0.1) is 0 Å². The maximum absolute atomic E-state index is 6.17. The van der Waals surface area contributed by atoms with Crippen LogP contribution in [-0.2, 0) is 0 Å². The lowest BCUT2D eigenvalue weighted by atomic mass is 10.1. The molecule has 0 aliphatic rings. The highest BCUT2D eigenvalue weighted by molar-refractivity contribution is 9.10. The molecule has 0 bridgehead atoms. The second-order valence-corrected chi connectivity index (χ2v) is 5.15. The molecule has 0 amide bonds. The lowest BCUT2D eigenvalue weighted by molar-refractivity contribution is 0.165. The van der Waals surface area contributed by atoms with Gasteiger partial charge in [0.25, 0.3) is 0 Å². The summed E-state index contributed by atoms with van der Waals surface area (Å²) in [5, 5.41) is 0. The van der Waals surface area contributed by atoms with E-state index in [1.165, 1.54) is 0 Å². The number of halogens is 1. The van der Waals surface area contributed by atoms with Gasteiger partial charge in [0.2, 0.25) is 0 Å². The van der Waals surface area contributed by atoms with Gasteiger partial charge in [-0.1, -0.05) is 25.1 Å². The van der Waals surface area contributed by atoms with Gasteiger partial charge in [0.15, 0.2) is 6.10 Å². The standard InChI is InChI=1S/C15H17BrN2O/c1-2-12(17)15(13-8-5-6-10-18-13)19-14-9-4-3-7-11(14)16/h3-10,12,15H,2,17H2,1H3. The van der Waals surface area contributed by atoms with Gasteiger partial charge < -0.3 is 10.5 Å². The van der Waals surface area contributed by atoms with Crippen molar-refractivity contribution in [3.05, 3.63) is 58.8 Å². The van der Waals surface area contributed by atoms with Gasteiger partial charge in [-0.3, -0.25) is 4.98 Å². The molecule has 0 fully saturated rings. The second kappa shape index (κ2) is 6.68. The van der Waals surface area contributed by atoms with Gasteiger partial charge in [0.05, 0.1) is 10.2 Å². The molecular formula is C15H17BrN2O. The first kappa shape index (κ1) is 14.0. The van der Waals surface area contributed by atoms with E-state index in [1.54, 1.807) is 6.20 Å². The predicted octanol–water partition coefficient (Wildman–Crippen LogP) is 3.70. The van der Waals surface area contributed by atoms with Gasteiger partial charge in [-0.05, 0) is 46.6 Å². The fraction of sp³-hybridized carbons (Fsp3) is 0.267. The van der Waals surface area contributed by atoms with E-state index >= 15 is 0 Å². The quantitative estimate of drug-likeness (QED) is 0.913. The van der Waals surface area contributed by atoms with Crippen LogP contribution >= 0.6 is 15.9 Å². The van der Waals surface area contributed by atoms with Gasteiger partial charge in [0.1, 0.15) is 5.75 Å². The number of nitrogens with zero attached hydrogens (tertiary/aromatic N) is 1. The van der Waals surface area contributed by atoms with E-state index in [9.17, 15) is 0 Å². The molecule has 2 atom stereocenters. The van der Waals surface area contributed by atoms with Crippen molar-refractivity contribution in [1.29, 1.82) is 0 Å². The smallest absolute Gasteiger partial charge is 0.155 e. The predicted molar refractivity (Wildman–Crippen MR) is 80.0 cm³/mol. The summed E-state index contributed by atoms with van der Waals surface area (Å²) in [6.45, 7) is 2.05. The molecule has 0 saturated carbocycles. The molecule has 0 spiro atoms. The Bertz CT molecular complexity index is 519. The molecule has 2 unspecified atom stereocenters. The minimum atomic E-state index is -0.245. The lowest BCUT2D eigenvalue weighted by Gasteiger charge is -2.24. The Morgan fingerprint density at radius 1 is 1.21 bits per heavy atom. The SMILES string of the molecule is CCC(N)C(Oc1ccccc1Br)c1ccccn1. The average molecular weight is 321 g/mol. The van der Waals surface area contributed by atoms with E-state index < -0.39 is 0 Å². The van der Waals surface area contributed by atoms with Gasteiger partial charge in [-0.25, -0.2) is 0 Å². The van der Waals surface area contributed by atoms with Crippen molar-refractivity contribution in [2.75, 3.05) is 0 Å². The highest BCUT2D eigenvalue weighted by Gasteiger charge is 2.22. The van der Waals surface area contributed by atoms with Crippen molar-refractivity contribution in [3.8, 4) is 5.75 Å². The maximum atomic E-state index is 6.17. The molecule has 3 nitrogen and oxygen atoms in total. The van der Waals surface area contributed by atoms with Gasteiger partial charge >= 0.3 is 0 Å². The normalized spacial score (nSPS) is 13.8. The molecule has 2 aromatic rings. The van der Waals surface area contributed by atoms with Crippen LogP contribution in [0.4, 0.5) is 0 Å². The van der Waals surface area contributed by atoms with E-state index in [-0.39, 0.29) is 12.1 Å². The van der Waals surface area contributed by atoms with Crippen molar-refractivity contribution in [3.63, 3.8) is 0 Å². The van der Waals surface area contributed by atoms with Crippen LogP contribution in [0.1, 0.15) is 25.1 Å². The van der Waals surface area contributed by atoms with Crippen molar-refractivity contribution < 1.29 is 4.74 Å². The lowest BCUT2D eigenvalue weighted by Crippen LogP contribution is -2.32. The molecule has 2 N–H and O–H groups in total. The van der Waals surface area contributed by atoms with Crippen LogP contribution in [0.2, 0.25) is 0 Å². The van der Waals surface area contributed by atoms with E-state index in [0.29, 0.717) is 0 Å². The highest BCUT2D eigenvalue weighted by atomic mass is 79.9. The molecule has 0 radical (unpaired) electrons. The summed E-state index contributed by atoms with van der Waals surface area (Å²) in [6.07, 6.45) is 2.34. The molecule has 2 rings (SSSR count). The highest BCUT2D eigenvalue weighted by Crippen LogP contribution is 2.30. The van der Waals surface area contributed by atoms with Crippen LogP contribution < -0.4 is 10.5 Å². The topological polar surface area (TPSA) is 48.1 Å². The average Bonchev–Trinajstić information content (AvgIpc) is 2.46. The third kappa shape index (κ3) is 3.55. The van der Waals surface area contributed by atoms with E-state index in [1.807, 2.05) is 49.4 Å². The van der Waals surface area contributed by atoms with Crippen LogP contribution in [-0.4, -0.2) is 11.0 Å². The molecule has 19 heavy (non-hydrogen) atoms. The van der Waals surface area contributed by atoms with Crippen LogP contribution in [0.25, 0.3) is 0 Å². The van der Waals surface area contributed by atoms with Crippen LogP contribution in [0.3, 0.4) is 0 Å². The van der Waals surface area contributed by atoms with Gasteiger partial charge in [-0.2, -0.15) is 0 Å². The van der Waals surface area contributed by atoms with E-state index in [0.717, 1.165) is 22.3 Å². The first-order chi connectivity index (χ1) is 9.22. The fourth-order valence-corrected chi connectivity index (χ4v) is 2.18. The number of benzene rings is 1. The van der Waals surface area contributed by atoms with Crippen LogP contribution in [0, 0.1) is 0 Å². The zero-order valence-electron chi connectivity index (χ0n) is 10.8. The largest absolute Gasteiger partial charge is 0.481 e. The van der Waals surface area contributed by atoms with Crippen molar-refractivity contribution in [2.24, 2.45) is 5.73 Å². The molecule has 4 heteroatoms. The zero-order chi connectivity index (χ0) is 13.7. The first-order valence-corrected chi connectivity index (χ1v) is 7.09. The molecule has 0 aliphatic carbocycles. The number of para-hydroxylation sites is 1. The number of hydrogen-bond acceptors (Lipinski definition) is 3. The molecule has 1 aromatic carbocycles. The zero-order valence-corrected chi connectivity index (χ0v) is 12.4. The fourth-order valence-electron chi connectivity index (χ4n) is 1.80. The van der Waals surface area contributed by atoms with Crippen molar-refractivity contribution >= 4 is 15.9 Å². The van der Waals surface area contributed by atoms with Crippen molar-refractivity contribution in [1.82, 2.24) is 4.98 Å². The van der Waals surface area contributed by atoms with Crippen LogP contribution in [0.5, 0.6) is 5.75 Å². The van der Waals surface area contributed by atoms with Crippen molar-refractivity contribution in [2.45, 2.75) is 25.5 Å². The number of hydrogen-bond donors (Lipinski definition) is 1. The number of pyridine rings is 1. The Morgan fingerprint density at radius 3 is 2.58 bits per heavy atom. The Balaban J connectivity index is 2.27. The summed E-state index contributed by atoms with van der Waals surface area (Å²) in [5.41, 5.74) is 7.02. The summed E-state index contributed by atoms with van der Waals surface area (Å²) in [4.78, 5) is 4.35. The Morgan fingerprint density at radius 2 is 1.95 bits per heavy atom. The third-order valence-corrected chi connectivity index (χ3v) is 3.59. The van der Waals surface area contributed by atoms with E-state index in [2.05, 4.69) is 20.9 Å². The third-order valence-electron chi connectivity index (χ3n) is 2.93. The molecule has 1 aromatic heterocycles. The molecule has 0 aliphatic heterocycles. The minimum absolute atomic E-state index is 0.0954. The van der Waals surface area contributed by atoms with Gasteiger partial charge in [0, 0.05) is 12.2 Å².